The maximum atomic E-state index is 13.7. The topological polar surface area (TPSA) is 20.3 Å². The molecule has 1 unspecified atom stereocenters. The molecule has 1 heterocycles. The van der Waals surface area contributed by atoms with Crippen LogP contribution in [-0.4, -0.2) is 35.5 Å². The van der Waals surface area contributed by atoms with Crippen LogP contribution in [0.15, 0.2) is 24.3 Å². The van der Waals surface area contributed by atoms with Crippen molar-refractivity contribution in [1.29, 1.82) is 0 Å². The van der Waals surface area contributed by atoms with Crippen molar-refractivity contribution in [2.75, 3.05) is 24.7 Å². The molecule has 2 rings (SSSR count). The number of amides is 1. The van der Waals surface area contributed by atoms with E-state index in [1.807, 2.05) is 12.1 Å². The Morgan fingerprint density at radius 2 is 2.22 bits per heavy atom. The maximum absolute atomic E-state index is 13.7. The van der Waals surface area contributed by atoms with Crippen molar-refractivity contribution in [2.45, 2.75) is 11.7 Å². The molecule has 1 aromatic carbocycles. The third-order valence-electron chi connectivity index (χ3n) is 3.06. The summed E-state index contributed by atoms with van der Waals surface area (Å²) in [5, 5.41) is 0.124. The Hall–Kier alpha value is -0.740. The van der Waals surface area contributed by atoms with Crippen LogP contribution in [0.2, 0.25) is 0 Å². The average molecular weight is 288 g/mol. The van der Waals surface area contributed by atoms with Gasteiger partial charge in [0.1, 0.15) is 11.7 Å². The van der Waals surface area contributed by atoms with Crippen molar-refractivity contribution < 1.29 is 9.18 Å². The lowest BCUT2D eigenvalue weighted by atomic mass is 10.1. The average Bonchev–Trinajstić information content (AvgIpc) is 2.64. The van der Waals surface area contributed by atoms with E-state index in [4.69, 9.17) is 11.6 Å². The van der Waals surface area contributed by atoms with Gasteiger partial charge in [-0.3, -0.25) is 4.79 Å². The second-order valence-electron chi connectivity index (χ2n) is 4.18. The Morgan fingerprint density at radius 3 is 2.94 bits per heavy atom. The predicted octanol–water partition coefficient (Wildman–Crippen LogP) is 3.07. The molecule has 1 aliphatic rings. The number of hydrogen-bond acceptors (Lipinski definition) is 2. The normalized spacial score (nSPS) is 20.6. The molecule has 1 aliphatic heterocycles. The molecule has 1 atom stereocenters. The Labute approximate surface area is 115 Å². The lowest BCUT2D eigenvalue weighted by Crippen LogP contribution is -2.33. The monoisotopic (exact) mass is 287 g/mol. The lowest BCUT2D eigenvalue weighted by molar-refractivity contribution is -0.128. The molecule has 0 bridgehead atoms. The Balaban J connectivity index is 2.05. The minimum Gasteiger partial charge on any atom is -0.341 e. The summed E-state index contributed by atoms with van der Waals surface area (Å²) < 4.78 is 13.7. The van der Waals surface area contributed by atoms with Crippen LogP contribution >= 0.6 is 23.4 Å². The van der Waals surface area contributed by atoms with E-state index < -0.39 is 0 Å². The van der Waals surface area contributed by atoms with E-state index in [9.17, 15) is 9.18 Å². The van der Waals surface area contributed by atoms with Gasteiger partial charge in [0.05, 0.1) is 0 Å². The summed E-state index contributed by atoms with van der Waals surface area (Å²) in [7, 11) is 0. The van der Waals surface area contributed by atoms with Crippen LogP contribution in [0.5, 0.6) is 0 Å². The molecule has 98 valence electrons. The standard InChI is InChI=1S/C13H15ClFNOS/c14-9-13(17)16-6-5-12(18-8-7-16)10-3-1-2-4-11(10)15/h1-4,12H,5-9H2. The van der Waals surface area contributed by atoms with Crippen LogP contribution in [0.4, 0.5) is 4.39 Å². The summed E-state index contributed by atoms with van der Waals surface area (Å²) in [6.07, 6.45) is 0.772. The van der Waals surface area contributed by atoms with Crippen LogP contribution in [0.1, 0.15) is 17.2 Å². The van der Waals surface area contributed by atoms with E-state index in [1.54, 1.807) is 22.7 Å². The zero-order chi connectivity index (χ0) is 13.0. The Kier molecular flexibility index (Phi) is 4.89. The molecule has 5 heteroatoms. The first-order valence-electron chi connectivity index (χ1n) is 5.92. The number of benzene rings is 1. The van der Waals surface area contributed by atoms with Crippen molar-refractivity contribution in [3.05, 3.63) is 35.6 Å². The molecule has 0 aromatic heterocycles. The van der Waals surface area contributed by atoms with Crippen LogP contribution in [0.25, 0.3) is 0 Å². The van der Waals surface area contributed by atoms with Gasteiger partial charge >= 0.3 is 0 Å². The summed E-state index contributed by atoms with van der Waals surface area (Å²) in [6, 6.07) is 6.86. The van der Waals surface area contributed by atoms with Crippen molar-refractivity contribution in [3.63, 3.8) is 0 Å². The number of hydrogen-bond donors (Lipinski definition) is 0. The smallest absolute Gasteiger partial charge is 0.237 e. The van der Waals surface area contributed by atoms with Crippen LogP contribution in [-0.2, 0) is 4.79 Å². The second-order valence-corrected chi connectivity index (χ2v) is 5.76. The van der Waals surface area contributed by atoms with Crippen LogP contribution in [0.3, 0.4) is 0 Å². The van der Waals surface area contributed by atoms with Crippen molar-refractivity contribution in [3.8, 4) is 0 Å². The van der Waals surface area contributed by atoms with E-state index in [0.717, 1.165) is 17.7 Å². The SMILES string of the molecule is O=C(CCl)N1CCSC(c2ccccc2F)CC1. The lowest BCUT2D eigenvalue weighted by Gasteiger charge is -2.19. The highest BCUT2D eigenvalue weighted by molar-refractivity contribution is 7.99. The zero-order valence-corrected chi connectivity index (χ0v) is 11.5. The minimum atomic E-state index is -0.160. The van der Waals surface area contributed by atoms with Gasteiger partial charge in [-0.05, 0) is 12.5 Å². The number of thioether (sulfide) groups is 1. The first-order chi connectivity index (χ1) is 8.72. The fraction of sp³-hybridized carbons (Fsp3) is 0.462. The van der Waals surface area contributed by atoms with E-state index in [2.05, 4.69) is 0 Å². The van der Waals surface area contributed by atoms with Gasteiger partial charge in [-0.15, -0.1) is 11.6 Å². The van der Waals surface area contributed by atoms with E-state index >= 15 is 0 Å². The molecule has 0 saturated carbocycles. The Morgan fingerprint density at radius 1 is 1.44 bits per heavy atom. The number of nitrogens with zero attached hydrogens (tertiary/aromatic N) is 1. The summed E-state index contributed by atoms with van der Waals surface area (Å²) >= 11 is 7.27. The second kappa shape index (κ2) is 6.43. The van der Waals surface area contributed by atoms with Gasteiger partial charge in [-0.2, -0.15) is 11.8 Å². The number of rotatable bonds is 2. The highest BCUT2D eigenvalue weighted by Gasteiger charge is 2.23. The molecule has 18 heavy (non-hydrogen) atoms. The maximum Gasteiger partial charge on any atom is 0.237 e. The number of alkyl halides is 1. The van der Waals surface area contributed by atoms with E-state index in [0.29, 0.717) is 13.1 Å². The largest absolute Gasteiger partial charge is 0.341 e. The quantitative estimate of drug-likeness (QED) is 0.779. The molecule has 0 radical (unpaired) electrons. The fourth-order valence-corrected chi connectivity index (χ4v) is 3.51. The summed E-state index contributed by atoms with van der Waals surface area (Å²) in [5.41, 5.74) is 0.739. The number of carbonyl (C=O) groups is 1. The minimum absolute atomic E-state index is 0.0228. The van der Waals surface area contributed by atoms with Crippen molar-refractivity contribution in [2.24, 2.45) is 0 Å². The van der Waals surface area contributed by atoms with Crippen molar-refractivity contribution >= 4 is 29.3 Å². The third kappa shape index (κ3) is 3.18. The van der Waals surface area contributed by atoms with Gasteiger partial charge in [0, 0.05) is 29.7 Å². The number of halogens is 2. The van der Waals surface area contributed by atoms with E-state index in [-0.39, 0.29) is 22.9 Å². The molecule has 0 spiro atoms. The molecule has 0 N–H and O–H groups in total. The molecular weight excluding hydrogens is 273 g/mol. The van der Waals surface area contributed by atoms with Gasteiger partial charge in [-0.25, -0.2) is 4.39 Å². The number of carbonyl (C=O) groups excluding carboxylic acids is 1. The zero-order valence-electron chi connectivity index (χ0n) is 9.94. The molecule has 1 aromatic rings. The highest BCUT2D eigenvalue weighted by atomic mass is 35.5. The highest BCUT2D eigenvalue weighted by Crippen LogP contribution is 2.35. The Bertz CT molecular complexity index is 429. The van der Waals surface area contributed by atoms with Gasteiger partial charge in [0.15, 0.2) is 0 Å². The summed E-state index contributed by atoms with van der Waals surface area (Å²) in [4.78, 5) is 13.3. The molecule has 2 nitrogen and oxygen atoms in total. The first kappa shape index (κ1) is 13.7. The first-order valence-corrected chi connectivity index (χ1v) is 7.50. The van der Waals surface area contributed by atoms with Gasteiger partial charge < -0.3 is 4.90 Å². The van der Waals surface area contributed by atoms with Gasteiger partial charge in [-0.1, -0.05) is 18.2 Å². The molecule has 0 aliphatic carbocycles. The molecule has 1 saturated heterocycles. The predicted molar refractivity (Wildman–Crippen MR) is 73.5 cm³/mol. The van der Waals surface area contributed by atoms with Crippen molar-refractivity contribution in [1.82, 2.24) is 4.90 Å². The van der Waals surface area contributed by atoms with Gasteiger partial charge in [0.25, 0.3) is 0 Å². The van der Waals surface area contributed by atoms with Crippen LogP contribution < -0.4 is 0 Å². The third-order valence-corrected chi connectivity index (χ3v) is 4.60. The molecule has 1 fully saturated rings. The summed E-state index contributed by atoms with van der Waals surface area (Å²) in [6.45, 7) is 1.35. The van der Waals surface area contributed by atoms with E-state index in [1.165, 1.54) is 6.07 Å². The fourth-order valence-electron chi connectivity index (χ4n) is 2.09. The van der Waals surface area contributed by atoms with Gasteiger partial charge in [0.2, 0.25) is 5.91 Å². The molecular formula is C13H15ClFNOS. The van der Waals surface area contributed by atoms with Crippen LogP contribution in [0, 0.1) is 5.82 Å². The summed E-state index contributed by atoms with van der Waals surface area (Å²) in [5.74, 6) is 0.648. The molecule has 1 amide bonds.